The van der Waals surface area contributed by atoms with E-state index in [0.29, 0.717) is 0 Å². The van der Waals surface area contributed by atoms with Crippen LogP contribution >= 0.6 is 11.3 Å². The molecule has 0 saturated heterocycles. The average molecular weight is 305 g/mol. The molecule has 1 aromatic heterocycles. The van der Waals surface area contributed by atoms with Gasteiger partial charge in [-0.2, -0.15) is 0 Å². The summed E-state index contributed by atoms with van der Waals surface area (Å²) in [5, 5.41) is 1.56. The van der Waals surface area contributed by atoms with Gasteiger partial charge in [0.1, 0.15) is 0 Å². The molecule has 2 rings (SSSR count). The fraction of sp³-hybridized carbons (Fsp3) is 0.700. The van der Waals surface area contributed by atoms with E-state index in [2.05, 4.69) is 27.4 Å². The second-order valence-electron chi connectivity index (χ2n) is 6.79. The van der Waals surface area contributed by atoms with Gasteiger partial charge in [-0.15, -0.1) is 11.3 Å². The zero-order valence-electron chi connectivity index (χ0n) is 14.3. The van der Waals surface area contributed by atoms with Crippen LogP contribution < -0.4 is 9.75 Å². The summed E-state index contributed by atoms with van der Waals surface area (Å²) in [6.07, 6.45) is 13.5. The van der Waals surface area contributed by atoms with Gasteiger partial charge >= 0.3 is 0 Å². The van der Waals surface area contributed by atoms with Crippen molar-refractivity contribution in [2.24, 2.45) is 5.92 Å². The molecule has 0 fully saturated rings. The highest BCUT2D eigenvalue weighted by atomic mass is 32.1. The number of rotatable bonds is 8. The van der Waals surface area contributed by atoms with Gasteiger partial charge in [-0.25, -0.2) is 0 Å². The Morgan fingerprint density at radius 2 is 1.95 bits per heavy atom. The third-order valence-electron chi connectivity index (χ3n) is 4.93. The van der Waals surface area contributed by atoms with Crippen LogP contribution in [0.15, 0.2) is 0 Å². The van der Waals surface area contributed by atoms with E-state index in [1.807, 2.05) is 11.3 Å². The maximum atomic E-state index is 4.33. The molecule has 0 aromatic carbocycles. The van der Waals surface area contributed by atoms with Crippen molar-refractivity contribution in [2.45, 2.75) is 85.0 Å². The van der Waals surface area contributed by atoms with Crippen LogP contribution in [0.2, 0.25) is 0 Å². The maximum absolute atomic E-state index is 4.33. The van der Waals surface area contributed by atoms with E-state index >= 15 is 0 Å². The van der Waals surface area contributed by atoms with Crippen LogP contribution in [0.4, 0.5) is 0 Å². The first kappa shape index (κ1) is 16.8. The van der Waals surface area contributed by atoms with Crippen molar-refractivity contribution in [3.8, 4) is 0 Å². The van der Waals surface area contributed by atoms with Crippen molar-refractivity contribution in [3.63, 3.8) is 0 Å². The van der Waals surface area contributed by atoms with Gasteiger partial charge < -0.3 is 0 Å². The lowest BCUT2D eigenvalue weighted by Crippen LogP contribution is -2.23. The summed E-state index contributed by atoms with van der Waals surface area (Å²) >= 11 is 1.96. The Bertz CT molecular complexity index is 549. The standard InChI is InChI=1S/C20H32S/c1-5-7-8-11-17(10-6-2)14-15(3)20-16(4)21-19-13-9-12-18(19)20/h17H,4-14H2,1-3H3/b20-15-. The average Bonchev–Trinajstić information content (AvgIpc) is 2.98. The maximum Gasteiger partial charge on any atom is 0.0276 e. The molecule has 1 heteroatoms. The second kappa shape index (κ2) is 8.17. The van der Waals surface area contributed by atoms with Crippen LogP contribution in [-0.2, 0) is 12.8 Å². The van der Waals surface area contributed by atoms with Crippen LogP contribution in [0.25, 0.3) is 12.2 Å². The lowest BCUT2D eigenvalue weighted by Gasteiger charge is -2.16. The van der Waals surface area contributed by atoms with Gasteiger partial charge in [-0.3, -0.25) is 0 Å². The van der Waals surface area contributed by atoms with Gasteiger partial charge in [0.25, 0.3) is 0 Å². The van der Waals surface area contributed by atoms with E-state index < -0.39 is 0 Å². The minimum atomic E-state index is 0.887. The van der Waals surface area contributed by atoms with Gasteiger partial charge in [-0.1, -0.05) is 64.5 Å². The largest absolute Gasteiger partial charge is 0.141 e. The minimum Gasteiger partial charge on any atom is -0.141 e. The smallest absolute Gasteiger partial charge is 0.0276 e. The third kappa shape index (κ3) is 4.22. The molecule has 0 bridgehead atoms. The molecule has 1 heterocycles. The predicted octanol–water partition coefficient (Wildman–Crippen LogP) is 5.20. The lowest BCUT2D eigenvalue weighted by atomic mass is 9.89. The van der Waals surface area contributed by atoms with Gasteiger partial charge in [-0.05, 0) is 49.3 Å². The number of unbranched alkanes of at least 4 members (excludes halogenated alkanes) is 2. The highest BCUT2D eigenvalue weighted by molar-refractivity contribution is 7.10. The van der Waals surface area contributed by atoms with Crippen molar-refractivity contribution in [1.82, 2.24) is 0 Å². The number of aryl methyl sites for hydroxylation is 1. The molecule has 1 aliphatic rings. The molecule has 0 N–H and O–H groups in total. The normalized spacial score (nSPS) is 16.9. The van der Waals surface area contributed by atoms with Crippen LogP contribution in [0, 0.1) is 5.92 Å². The molecule has 0 spiro atoms. The van der Waals surface area contributed by atoms with Crippen molar-refractivity contribution in [1.29, 1.82) is 0 Å². The highest BCUT2D eigenvalue weighted by Crippen LogP contribution is 2.25. The van der Waals surface area contributed by atoms with E-state index in [-0.39, 0.29) is 0 Å². The summed E-state index contributed by atoms with van der Waals surface area (Å²) in [5.41, 5.74) is 3.28. The summed E-state index contributed by atoms with van der Waals surface area (Å²) in [5.74, 6) is 0.887. The van der Waals surface area contributed by atoms with Crippen LogP contribution in [0.3, 0.4) is 0 Å². The van der Waals surface area contributed by atoms with Crippen LogP contribution in [0.5, 0.6) is 0 Å². The Kier molecular flexibility index (Phi) is 6.54. The Balaban J connectivity index is 2.16. The fourth-order valence-corrected chi connectivity index (χ4v) is 5.20. The van der Waals surface area contributed by atoms with Gasteiger partial charge in [0.05, 0.1) is 0 Å². The van der Waals surface area contributed by atoms with Gasteiger partial charge in [0.15, 0.2) is 0 Å². The number of thiophene rings is 1. The van der Waals surface area contributed by atoms with Gasteiger partial charge in [0.2, 0.25) is 0 Å². The summed E-state index contributed by atoms with van der Waals surface area (Å²) < 4.78 is 1.33. The fourth-order valence-electron chi connectivity index (χ4n) is 3.93. The number of hydrogen-bond donors (Lipinski definition) is 0. The Hall–Kier alpha value is -0.560. The molecule has 0 amide bonds. The van der Waals surface area contributed by atoms with E-state index in [4.69, 9.17) is 0 Å². The van der Waals surface area contributed by atoms with Crippen LogP contribution in [0.1, 0.15) is 82.6 Å². The highest BCUT2D eigenvalue weighted by Gasteiger charge is 2.17. The SMILES string of the molecule is C=c1sc2c(/c1=C(/C)CC(CCC)CCCCC)CCC2. The summed E-state index contributed by atoms with van der Waals surface area (Å²) in [7, 11) is 0. The molecular weight excluding hydrogens is 272 g/mol. The first-order chi connectivity index (χ1) is 10.2. The molecule has 21 heavy (non-hydrogen) atoms. The van der Waals surface area contributed by atoms with Crippen molar-refractivity contribution in [3.05, 3.63) is 20.2 Å². The zero-order valence-corrected chi connectivity index (χ0v) is 15.1. The molecule has 1 aliphatic carbocycles. The predicted molar refractivity (Wildman–Crippen MR) is 97.4 cm³/mol. The van der Waals surface area contributed by atoms with Crippen molar-refractivity contribution in [2.75, 3.05) is 0 Å². The minimum absolute atomic E-state index is 0.887. The van der Waals surface area contributed by atoms with E-state index in [1.54, 1.807) is 21.2 Å². The zero-order chi connectivity index (χ0) is 15.2. The molecule has 1 unspecified atom stereocenters. The Labute approximate surface area is 135 Å². The summed E-state index contributed by atoms with van der Waals surface area (Å²) in [6.45, 7) is 11.3. The molecule has 0 nitrogen and oxygen atoms in total. The molecule has 1 atom stereocenters. The topological polar surface area (TPSA) is 0 Å². The Morgan fingerprint density at radius 3 is 2.67 bits per heavy atom. The lowest BCUT2D eigenvalue weighted by molar-refractivity contribution is 0.431. The first-order valence-corrected chi connectivity index (χ1v) is 9.78. The molecular formula is C20H32S. The molecule has 0 saturated carbocycles. The van der Waals surface area contributed by atoms with E-state index in [1.165, 1.54) is 68.7 Å². The van der Waals surface area contributed by atoms with E-state index in [0.717, 1.165) is 5.92 Å². The van der Waals surface area contributed by atoms with E-state index in [9.17, 15) is 0 Å². The molecule has 118 valence electrons. The first-order valence-electron chi connectivity index (χ1n) is 8.96. The quantitative estimate of drug-likeness (QED) is 0.579. The molecule has 1 aromatic rings. The van der Waals surface area contributed by atoms with Crippen molar-refractivity contribution < 1.29 is 0 Å². The van der Waals surface area contributed by atoms with Crippen molar-refractivity contribution >= 4 is 23.5 Å². The van der Waals surface area contributed by atoms with Crippen LogP contribution in [-0.4, -0.2) is 0 Å². The molecule has 0 radical (unpaired) electrons. The number of fused-ring (bicyclic) bond motifs is 1. The summed E-state index contributed by atoms with van der Waals surface area (Å²) in [4.78, 5) is 1.63. The van der Waals surface area contributed by atoms with Gasteiger partial charge in [0, 0.05) is 9.41 Å². The molecule has 0 aliphatic heterocycles. The second-order valence-corrected chi connectivity index (χ2v) is 7.98. The monoisotopic (exact) mass is 304 g/mol. The summed E-state index contributed by atoms with van der Waals surface area (Å²) in [6, 6.07) is 0. The third-order valence-corrected chi connectivity index (χ3v) is 6.08. The Morgan fingerprint density at radius 1 is 1.14 bits per heavy atom. The number of hydrogen-bond acceptors (Lipinski definition) is 1.